The maximum Gasteiger partial charge on any atom is 0.242 e. The molecule has 0 radical (unpaired) electrons. The molecule has 1 unspecified atom stereocenters. The van der Waals surface area contributed by atoms with Crippen molar-refractivity contribution >= 4 is 5.91 Å². The number of carbonyl (C=O) groups is 1. The van der Waals surface area contributed by atoms with Crippen molar-refractivity contribution in [2.75, 3.05) is 26.2 Å². The summed E-state index contributed by atoms with van der Waals surface area (Å²) in [6.45, 7) is 7.61. The molecule has 18 heavy (non-hydrogen) atoms. The van der Waals surface area contributed by atoms with Gasteiger partial charge in [0.05, 0.1) is 11.6 Å². The number of piperidine rings is 1. The molecular formula is C14H26N2O2. The molecule has 4 heteroatoms. The highest BCUT2D eigenvalue weighted by Crippen LogP contribution is 2.27. The average molecular weight is 254 g/mol. The summed E-state index contributed by atoms with van der Waals surface area (Å²) in [5.41, 5.74) is -0.265. The second-order valence-corrected chi connectivity index (χ2v) is 5.41. The molecule has 4 nitrogen and oxygen atoms in total. The number of nitrogens with zero attached hydrogens (tertiary/aromatic N) is 1. The molecule has 1 N–H and O–H groups in total. The Balaban J connectivity index is 1.90. The summed E-state index contributed by atoms with van der Waals surface area (Å²) in [7, 11) is 0. The number of carbonyl (C=O) groups excluding carboxylic acids is 1. The van der Waals surface area contributed by atoms with Gasteiger partial charge in [-0.1, -0.05) is 6.92 Å². The molecular weight excluding hydrogens is 228 g/mol. The van der Waals surface area contributed by atoms with Crippen molar-refractivity contribution in [1.82, 2.24) is 10.2 Å². The van der Waals surface area contributed by atoms with E-state index in [1.165, 1.54) is 0 Å². The monoisotopic (exact) mass is 254 g/mol. The van der Waals surface area contributed by atoms with Crippen LogP contribution >= 0.6 is 0 Å². The molecule has 0 aromatic carbocycles. The van der Waals surface area contributed by atoms with Crippen LogP contribution in [-0.4, -0.2) is 48.7 Å². The number of nitrogens with one attached hydrogen (secondary N) is 1. The Hall–Kier alpha value is -0.610. The third-order valence-electron chi connectivity index (χ3n) is 4.39. The topological polar surface area (TPSA) is 41.6 Å². The zero-order valence-electron chi connectivity index (χ0n) is 11.7. The van der Waals surface area contributed by atoms with Crippen LogP contribution in [0.1, 0.15) is 46.0 Å². The number of ether oxygens (including phenoxy) is 1. The quantitative estimate of drug-likeness (QED) is 0.827. The van der Waals surface area contributed by atoms with Crippen LogP contribution in [0, 0.1) is 0 Å². The van der Waals surface area contributed by atoms with Crippen molar-refractivity contribution in [3.63, 3.8) is 0 Å². The lowest BCUT2D eigenvalue weighted by molar-refractivity contribution is -0.140. The molecule has 2 fully saturated rings. The van der Waals surface area contributed by atoms with E-state index >= 15 is 0 Å². The van der Waals surface area contributed by atoms with Crippen LogP contribution in [-0.2, 0) is 9.53 Å². The van der Waals surface area contributed by atoms with E-state index in [2.05, 4.69) is 12.2 Å². The standard InChI is InChI=1S/C14H26N2O2/c1-3-14(8-5-9-15-14)13(17)16-10-6-12(7-11-16)18-4-2/h12,15H,3-11H2,1-2H3. The van der Waals surface area contributed by atoms with E-state index in [0.717, 1.165) is 58.3 Å². The van der Waals surface area contributed by atoms with Crippen molar-refractivity contribution in [2.24, 2.45) is 0 Å². The SMILES string of the molecule is CCOC1CCN(C(=O)C2(CC)CCCN2)CC1. The zero-order chi connectivity index (χ0) is 13.0. The average Bonchev–Trinajstić information content (AvgIpc) is 2.89. The van der Waals surface area contributed by atoms with E-state index in [4.69, 9.17) is 4.74 Å². The summed E-state index contributed by atoms with van der Waals surface area (Å²) in [5, 5.41) is 3.43. The summed E-state index contributed by atoms with van der Waals surface area (Å²) < 4.78 is 5.63. The van der Waals surface area contributed by atoms with Gasteiger partial charge in [-0.05, 0) is 45.6 Å². The first kappa shape index (κ1) is 13.8. The third-order valence-corrected chi connectivity index (χ3v) is 4.39. The minimum atomic E-state index is -0.265. The van der Waals surface area contributed by atoms with E-state index in [-0.39, 0.29) is 5.54 Å². The molecule has 1 atom stereocenters. The molecule has 0 aromatic rings. The molecule has 0 aliphatic carbocycles. The Morgan fingerprint density at radius 1 is 1.39 bits per heavy atom. The van der Waals surface area contributed by atoms with Gasteiger partial charge < -0.3 is 15.0 Å². The summed E-state index contributed by atoms with van der Waals surface area (Å²) >= 11 is 0. The maximum atomic E-state index is 12.6. The number of amides is 1. The highest BCUT2D eigenvalue weighted by Gasteiger charge is 2.42. The predicted octanol–water partition coefficient (Wildman–Crippen LogP) is 1.55. The van der Waals surface area contributed by atoms with Crippen molar-refractivity contribution in [2.45, 2.75) is 57.6 Å². The van der Waals surface area contributed by atoms with Crippen LogP contribution in [0.15, 0.2) is 0 Å². The molecule has 0 bridgehead atoms. The van der Waals surface area contributed by atoms with Gasteiger partial charge in [0.2, 0.25) is 5.91 Å². The number of likely N-dealkylation sites (tertiary alicyclic amines) is 1. The third kappa shape index (κ3) is 2.69. The van der Waals surface area contributed by atoms with Gasteiger partial charge in [-0.2, -0.15) is 0 Å². The first-order chi connectivity index (χ1) is 8.72. The number of hydrogen-bond donors (Lipinski definition) is 1. The van der Waals surface area contributed by atoms with Gasteiger partial charge in [0.1, 0.15) is 0 Å². The zero-order valence-corrected chi connectivity index (χ0v) is 11.7. The Morgan fingerprint density at radius 3 is 2.61 bits per heavy atom. The first-order valence-electron chi connectivity index (χ1n) is 7.38. The molecule has 2 aliphatic rings. The summed E-state index contributed by atoms with van der Waals surface area (Å²) in [6.07, 6.45) is 5.34. The first-order valence-corrected chi connectivity index (χ1v) is 7.38. The largest absolute Gasteiger partial charge is 0.378 e. The molecule has 104 valence electrons. The minimum Gasteiger partial charge on any atom is -0.378 e. The Kier molecular flexibility index (Phi) is 4.62. The fourth-order valence-corrected chi connectivity index (χ4v) is 3.21. The Labute approximate surface area is 110 Å². The number of rotatable bonds is 4. The molecule has 0 aromatic heterocycles. The van der Waals surface area contributed by atoms with E-state index in [9.17, 15) is 4.79 Å². The fraction of sp³-hybridized carbons (Fsp3) is 0.929. The van der Waals surface area contributed by atoms with Gasteiger partial charge in [0, 0.05) is 19.7 Å². The van der Waals surface area contributed by atoms with Crippen molar-refractivity contribution in [3.8, 4) is 0 Å². The molecule has 0 spiro atoms. The highest BCUT2D eigenvalue weighted by atomic mass is 16.5. The fourth-order valence-electron chi connectivity index (χ4n) is 3.21. The summed E-state index contributed by atoms with van der Waals surface area (Å²) in [5.74, 6) is 0.317. The maximum absolute atomic E-state index is 12.6. The minimum absolute atomic E-state index is 0.265. The van der Waals surface area contributed by atoms with Gasteiger partial charge in [0.15, 0.2) is 0 Å². The summed E-state index contributed by atoms with van der Waals surface area (Å²) in [4.78, 5) is 14.7. The Morgan fingerprint density at radius 2 is 2.11 bits per heavy atom. The molecule has 1 amide bonds. The van der Waals surface area contributed by atoms with Gasteiger partial charge in [-0.3, -0.25) is 4.79 Å². The van der Waals surface area contributed by atoms with Crippen molar-refractivity contribution in [1.29, 1.82) is 0 Å². The van der Waals surface area contributed by atoms with Crippen LogP contribution in [0.2, 0.25) is 0 Å². The van der Waals surface area contributed by atoms with E-state index < -0.39 is 0 Å². The summed E-state index contributed by atoms with van der Waals surface area (Å²) in [6, 6.07) is 0. The lowest BCUT2D eigenvalue weighted by Gasteiger charge is -2.38. The molecule has 0 saturated carbocycles. The molecule has 2 rings (SSSR count). The van der Waals surface area contributed by atoms with Crippen LogP contribution < -0.4 is 5.32 Å². The molecule has 2 aliphatic heterocycles. The van der Waals surface area contributed by atoms with Gasteiger partial charge >= 0.3 is 0 Å². The predicted molar refractivity (Wildman–Crippen MR) is 71.5 cm³/mol. The lowest BCUT2D eigenvalue weighted by atomic mass is 9.91. The second-order valence-electron chi connectivity index (χ2n) is 5.41. The number of hydrogen-bond acceptors (Lipinski definition) is 3. The van der Waals surface area contributed by atoms with Crippen molar-refractivity contribution in [3.05, 3.63) is 0 Å². The van der Waals surface area contributed by atoms with E-state index in [1.807, 2.05) is 11.8 Å². The van der Waals surface area contributed by atoms with Gasteiger partial charge in [-0.25, -0.2) is 0 Å². The van der Waals surface area contributed by atoms with Crippen molar-refractivity contribution < 1.29 is 9.53 Å². The Bertz CT molecular complexity index is 280. The van der Waals surface area contributed by atoms with Crippen LogP contribution in [0.3, 0.4) is 0 Å². The van der Waals surface area contributed by atoms with E-state index in [1.54, 1.807) is 0 Å². The van der Waals surface area contributed by atoms with Crippen LogP contribution in [0.5, 0.6) is 0 Å². The van der Waals surface area contributed by atoms with Gasteiger partial charge in [-0.15, -0.1) is 0 Å². The molecule has 2 heterocycles. The smallest absolute Gasteiger partial charge is 0.242 e. The highest BCUT2D eigenvalue weighted by molar-refractivity contribution is 5.86. The molecule has 2 saturated heterocycles. The van der Waals surface area contributed by atoms with Crippen LogP contribution in [0.25, 0.3) is 0 Å². The normalized spacial score (nSPS) is 29.8. The van der Waals surface area contributed by atoms with Crippen LogP contribution in [0.4, 0.5) is 0 Å². The second kappa shape index (κ2) is 6.02. The van der Waals surface area contributed by atoms with E-state index in [0.29, 0.717) is 12.0 Å². The van der Waals surface area contributed by atoms with Gasteiger partial charge in [0.25, 0.3) is 0 Å². The lowest BCUT2D eigenvalue weighted by Crippen LogP contribution is -2.56.